The molecule has 0 bridgehead atoms. The molecule has 0 aromatic carbocycles. The van der Waals surface area contributed by atoms with Gasteiger partial charge in [0.2, 0.25) is 12.3 Å². The zero-order valence-electron chi connectivity index (χ0n) is 11.2. The van der Waals surface area contributed by atoms with E-state index in [-0.39, 0.29) is 5.91 Å². The van der Waals surface area contributed by atoms with Crippen LogP contribution in [0.3, 0.4) is 0 Å². The summed E-state index contributed by atoms with van der Waals surface area (Å²) in [6, 6.07) is -0.868. The highest BCUT2D eigenvalue weighted by Crippen LogP contribution is 2.09. The molecule has 1 aliphatic heterocycles. The number of rotatable bonds is 9. The zero-order chi connectivity index (χ0) is 14.8. The molecular weight excluding hydrogens is 284 g/mol. The molecule has 1 saturated heterocycles. The first kappa shape index (κ1) is 16.8. The first-order valence-corrected chi connectivity index (χ1v) is 7.66. The van der Waals surface area contributed by atoms with Gasteiger partial charge >= 0.3 is 5.97 Å². The fraction of sp³-hybridized carbons (Fsp3) is 0.750. The van der Waals surface area contributed by atoms with Crippen molar-refractivity contribution in [2.75, 3.05) is 37.8 Å². The van der Waals surface area contributed by atoms with Crippen molar-refractivity contribution in [1.82, 2.24) is 10.2 Å². The molecule has 0 aliphatic carbocycles. The van der Waals surface area contributed by atoms with E-state index in [1.165, 1.54) is 11.8 Å². The van der Waals surface area contributed by atoms with Crippen LogP contribution in [0.1, 0.15) is 12.8 Å². The van der Waals surface area contributed by atoms with E-state index in [2.05, 4.69) is 5.32 Å². The number of ether oxygens (including phenoxy) is 1. The number of carbonyl (C=O) groups is 3. The summed E-state index contributed by atoms with van der Waals surface area (Å²) in [5.74, 6) is 0.0731. The van der Waals surface area contributed by atoms with Crippen molar-refractivity contribution in [2.24, 2.45) is 0 Å². The predicted octanol–water partition coefficient (Wildman–Crippen LogP) is -0.442. The van der Waals surface area contributed by atoms with E-state index >= 15 is 0 Å². The minimum atomic E-state index is -1.05. The second-order valence-corrected chi connectivity index (χ2v) is 5.50. The van der Waals surface area contributed by atoms with Crippen molar-refractivity contribution in [3.63, 3.8) is 0 Å². The predicted molar refractivity (Wildman–Crippen MR) is 74.6 cm³/mol. The Morgan fingerprint density at radius 3 is 2.70 bits per heavy atom. The van der Waals surface area contributed by atoms with Gasteiger partial charge in [0.1, 0.15) is 6.04 Å². The molecule has 0 spiro atoms. The monoisotopic (exact) mass is 304 g/mol. The zero-order valence-corrected chi connectivity index (χ0v) is 12.1. The van der Waals surface area contributed by atoms with Crippen molar-refractivity contribution in [2.45, 2.75) is 18.9 Å². The number of aliphatic carboxylic acids is 1. The molecule has 1 aliphatic rings. The molecule has 7 nitrogen and oxygen atoms in total. The van der Waals surface area contributed by atoms with Gasteiger partial charge in [0.15, 0.2) is 0 Å². The minimum Gasteiger partial charge on any atom is -0.480 e. The third-order valence-electron chi connectivity index (χ3n) is 2.89. The first-order valence-electron chi connectivity index (χ1n) is 6.51. The summed E-state index contributed by atoms with van der Waals surface area (Å²) < 4.78 is 5.18. The Balaban J connectivity index is 2.10. The smallest absolute Gasteiger partial charge is 0.327 e. The van der Waals surface area contributed by atoms with Crippen LogP contribution in [0.15, 0.2) is 0 Å². The van der Waals surface area contributed by atoms with E-state index in [9.17, 15) is 14.4 Å². The van der Waals surface area contributed by atoms with Crippen molar-refractivity contribution in [3.8, 4) is 0 Å². The summed E-state index contributed by atoms with van der Waals surface area (Å²) >= 11 is 1.42. The fourth-order valence-corrected chi connectivity index (χ4v) is 2.76. The Morgan fingerprint density at radius 1 is 1.40 bits per heavy atom. The number of morpholine rings is 1. The molecule has 1 rings (SSSR count). The highest BCUT2D eigenvalue weighted by Gasteiger charge is 2.17. The van der Waals surface area contributed by atoms with Crippen LogP contribution in [0.4, 0.5) is 0 Å². The van der Waals surface area contributed by atoms with E-state index < -0.39 is 12.0 Å². The third kappa shape index (κ3) is 6.25. The molecule has 0 saturated carbocycles. The van der Waals surface area contributed by atoms with Gasteiger partial charge in [-0.25, -0.2) is 4.79 Å². The number of hydrogen-bond acceptors (Lipinski definition) is 5. The fourth-order valence-electron chi connectivity index (χ4n) is 1.77. The number of nitrogens with one attached hydrogen (secondary N) is 1. The summed E-state index contributed by atoms with van der Waals surface area (Å²) in [4.78, 5) is 34.6. The van der Waals surface area contributed by atoms with E-state index in [0.717, 1.165) is 0 Å². The van der Waals surface area contributed by atoms with Crippen LogP contribution in [-0.2, 0) is 19.1 Å². The summed E-state index contributed by atoms with van der Waals surface area (Å²) in [5, 5.41) is 11.1. The van der Waals surface area contributed by atoms with E-state index in [0.29, 0.717) is 57.1 Å². The standard InChI is InChI=1S/C12H20N2O5S/c15-9-13-10(12(17)18)8-20-7-1-2-11(16)14-3-5-19-6-4-14/h9-10H,1-8H2,(H,13,15)(H,17,18). The molecule has 2 N–H and O–H groups in total. The highest BCUT2D eigenvalue weighted by atomic mass is 32.2. The van der Waals surface area contributed by atoms with Crippen molar-refractivity contribution >= 4 is 30.0 Å². The number of carboxylic acid groups (broad SMARTS) is 1. The summed E-state index contributed by atoms with van der Waals surface area (Å²) in [6.07, 6.45) is 1.56. The Kier molecular flexibility index (Phi) is 8.05. The molecule has 114 valence electrons. The number of thioether (sulfide) groups is 1. The van der Waals surface area contributed by atoms with Crippen LogP contribution >= 0.6 is 11.8 Å². The summed E-state index contributed by atoms with van der Waals surface area (Å²) in [6.45, 7) is 2.49. The van der Waals surface area contributed by atoms with Gasteiger partial charge in [0.25, 0.3) is 0 Å². The Hall–Kier alpha value is -1.28. The number of hydrogen-bond donors (Lipinski definition) is 2. The second-order valence-electron chi connectivity index (χ2n) is 4.35. The van der Waals surface area contributed by atoms with Crippen LogP contribution in [0, 0.1) is 0 Å². The normalized spacial score (nSPS) is 16.5. The van der Waals surface area contributed by atoms with Crippen LogP contribution in [0.2, 0.25) is 0 Å². The second kappa shape index (κ2) is 9.60. The lowest BCUT2D eigenvalue weighted by atomic mass is 10.3. The first-order chi connectivity index (χ1) is 9.65. The van der Waals surface area contributed by atoms with Crippen molar-refractivity contribution < 1.29 is 24.2 Å². The summed E-state index contributed by atoms with van der Waals surface area (Å²) in [7, 11) is 0. The molecule has 2 amide bonds. The maximum atomic E-state index is 11.8. The minimum absolute atomic E-state index is 0.120. The molecule has 20 heavy (non-hydrogen) atoms. The molecule has 0 radical (unpaired) electrons. The highest BCUT2D eigenvalue weighted by molar-refractivity contribution is 7.99. The van der Waals surface area contributed by atoms with Crippen molar-refractivity contribution in [3.05, 3.63) is 0 Å². The molecular formula is C12H20N2O5S. The van der Waals surface area contributed by atoms with Gasteiger partial charge in [-0.3, -0.25) is 9.59 Å². The Bertz CT molecular complexity index is 334. The van der Waals surface area contributed by atoms with Gasteiger partial charge in [0.05, 0.1) is 13.2 Å². The maximum Gasteiger partial charge on any atom is 0.327 e. The lowest BCUT2D eigenvalue weighted by Gasteiger charge is -2.26. The molecule has 0 aromatic rings. The largest absolute Gasteiger partial charge is 0.480 e. The molecule has 1 unspecified atom stereocenters. The molecule has 8 heteroatoms. The Labute approximate surface area is 122 Å². The third-order valence-corrected chi connectivity index (χ3v) is 4.04. The lowest BCUT2D eigenvalue weighted by Crippen LogP contribution is -2.40. The van der Waals surface area contributed by atoms with E-state index in [1.807, 2.05) is 0 Å². The van der Waals surface area contributed by atoms with Gasteiger partial charge in [-0.15, -0.1) is 0 Å². The van der Waals surface area contributed by atoms with Gasteiger partial charge in [-0.2, -0.15) is 11.8 Å². The quantitative estimate of drug-likeness (QED) is 0.443. The van der Waals surface area contributed by atoms with Gasteiger partial charge in [-0.05, 0) is 12.2 Å². The van der Waals surface area contributed by atoms with Crippen LogP contribution in [0.5, 0.6) is 0 Å². The lowest BCUT2D eigenvalue weighted by molar-refractivity contribution is -0.139. The number of amides is 2. The number of carboxylic acids is 1. The number of carbonyl (C=O) groups excluding carboxylic acids is 2. The maximum absolute atomic E-state index is 11.8. The topological polar surface area (TPSA) is 95.9 Å². The average Bonchev–Trinajstić information content (AvgIpc) is 2.46. The molecule has 1 atom stereocenters. The molecule has 0 aromatic heterocycles. The molecule has 1 heterocycles. The number of nitrogens with zero attached hydrogens (tertiary/aromatic N) is 1. The average molecular weight is 304 g/mol. The Morgan fingerprint density at radius 2 is 2.10 bits per heavy atom. The molecule has 1 fully saturated rings. The van der Waals surface area contributed by atoms with Gasteiger partial charge in [0, 0.05) is 25.3 Å². The van der Waals surface area contributed by atoms with Crippen LogP contribution < -0.4 is 5.32 Å². The van der Waals surface area contributed by atoms with E-state index in [1.54, 1.807) is 4.90 Å². The summed E-state index contributed by atoms with van der Waals surface area (Å²) in [5.41, 5.74) is 0. The van der Waals surface area contributed by atoms with E-state index in [4.69, 9.17) is 9.84 Å². The van der Waals surface area contributed by atoms with Gasteiger partial charge in [-0.1, -0.05) is 0 Å². The SMILES string of the molecule is O=CNC(CSCCCC(=O)N1CCOCC1)C(=O)O. The van der Waals surface area contributed by atoms with Crippen LogP contribution in [-0.4, -0.2) is 72.1 Å². The van der Waals surface area contributed by atoms with Crippen LogP contribution in [0.25, 0.3) is 0 Å². The van der Waals surface area contributed by atoms with Crippen molar-refractivity contribution in [1.29, 1.82) is 0 Å². The van der Waals surface area contributed by atoms with Gasteiger partial charge < -0.3 is 20.1 Å².